The van der Waals surface area contributed by atoms with E-state index in [1.807, 2.05) is 42.5 Å². The molecule has 0 aliphatic rings. The van der Waals surface area contributed by atoms with E-state index >= 15 is 0 Å². The van der Waals surface area contributed by atoms with Gasteiger partial charge in [-0.25, -0.2) is 0 Å². The summed E-state index contributed by atoms with van der Waals surface area (Å²) in [7, 11) is 0. The second-order valence-electron chi connectivity index (χ2n) is 6.92. The van der Waals surface area contributed by atoms with Gasteiger partial charge in [0.25, 0.3) is 0 Å². The third-order valence-electron chi connectivity index (χ3n) is 5.07. The molecule has 0 aliphatic carbocycles. The van der Waals surface area contributed by atoms with Crippen molar-refractivity contribution in [2.24, 2.45) is 0 Å². The van der Waals surface area contributed by atoms with Crippen molar-refractivity contribution in [1.29, 1.82) is 0 Å². The number of hydrogen-bond acceptors (Lipinski definition) is 4. The summed E-state index contributed by atoms with van der Waals surface area (Å²) in [6.45, 7) is 0. The number of anilines is 2. The van der Waals surface area contributed by atoms with Crippen molar-refractivity contribution >= 4 is 22.9 Å². The van der Waals surface area contributed by atoms with Crippen LogP contribution in [0.1, 0.15) is 31.8 Å². The van der Waals surface area contributed by atoms with Gasteiger partial charge in [-0.2, -0.15) is 0 Å². The summed E-state index contributed by atoms with van der Waals surface area (Å²) in [5.74, 6) is -0.298. The second kappa shape index (κ2) is 8.05. The summed E-state index contributed by atoms with van der Waals surface area (Å²) >= 11 is 0. The van der Waals surface area contributed by atoms with Gasteiger partial charge in [0.2, 0.25) is 0 Å². The highest BCUT2D eigenvalue weighted by Gasteiger charge is 2.20. The highest BCUT2D eigenvalue weighted by atomic mass is 16.1. The first-order valence-corrected chi connectivity index (χ1v) is 9.54. The molecule has 0 heterocycles. The van der Waals surface area contributed by atoms with Crippen LogP contribution in [0.2, 0.25) is 0 Å². The zero-order valence-electron chi connectivity index (χ0n) is 16.2. The molecular formula is C26H20N2O2. The Morgan fingerprint density at radius 3 is 1.57 bits per heavy atom. The van der Waals surface area contributed by atoms with E-state index in [2.05, 4.69) is 0 Å². The van der Waals surface area contributed by atoms with Crippen LogP contribution in [0.3, 0.4) is 0 Å². The zero-order valence-corrected chi connectivity index (χ0v) is 16.2. The molecule has 4 rings (SSSR count). The Labute approximate surface area is 174 Å². The van der Waals surface area contributed by atoms with Crippen molar-refractivity contribution in [3.05, 3.63) is 119 Å². The molecule has 30 heavy (non-hydrogen) atoms. The Bertz CT molecular complexity index is 1230. The SMILES string of the molecule is Nc1c(C(=O)c2ccccc2)ccc(-c2ccccc2C(=O)c2ccccc2)c1N. The molecule has 146 valence electrons. The molecule has 4 heteroatoms. The molecule has 4 aromatic rings. The minimum absolute atomic E-state index is 0.103. The molecule has 4 nitrogen and oxygen atoms in total. The van der Waals surface area contributed by atoms with Gasteiger partial charge < -0.3 is 11.5 Å². The molecule has 0 aromatic heterocycles. The van der Waals surface area contributed by atoms with E-state index in [0.717, 1.165) is 0 Å². The summed E-state index contributed by atoms with van der Waals surface area (Å²) in [5.41, 5.74) is 16.4. The summed E-state index contributed by atoms with van der Waals surface area (Å²) < 4.78 is 0. The fourth-order valence-corrected chi connectivity index (χ4v) is 3.48. The van der Waals surface area contributed by atoms with Gasteiger partial charge in [0.15, 0.2) is 11.6 Å². The van der Waals surface area contributed by atoms with Crippen LogP contribution < -0.4 is 11.5 Å². The maximum Gasteiger partial charge on any atom is 0.195 e. The fourth-order valence-electron chi connectivity index (χ4n) is 3.48. The topological polar surface area (TPSA) is 86.2 Å². The normalized spacial score (nSPS) is 10.5. The van der Waals surface area contributed by atoms with Crippen LogP contribution in [-0.2, 0) is 0 Å². The lowest BCUT2D eigenvalue weighted by molar-refractivity contribution is 0.103. The number of carbonyl (C=O) groups excluding carboxylic acids is 2. The predicted octanol–water partition coefficient (Wildman–Crippen LogP) is 4.98. The van der Waals surface area contributed by atoms with E-state index in [1.165, 1.54) is 0 Å². The first-order chi connectivity index (χ1) is 14.6. The van der Waals surface area contributed by atoms with Gasteiger partial charge in [0, 0.05) is 27.8 Å². The van der Waals surface area contributed by atoms with Crippen molar-refractivity contribution in [3.8, 4) is 11.1 Å². The van der Waals surface area contributed by atoms with Crippen molar-refractivity contribution in [2.45, 2.75) is 0 Å². The smallest absolute Gasteiger partial charge is 0.195 e. The third-order valence-corrected chi connectivity index (χ3v) is 5.07. The number of benzene rings is 4. The molecule has 0 aliphatic heterocycles. The van der Waals surface area contributed by atoms with Gasteiger partial charge in [-0.05, 0) is 11.6 Å². The number of hydrogen-bond donors (Lipinski definition) is 2. The van der Waals surface area contributed by atoms with Gasteiger partial charge in [-0.15, -0.1) is 0 Å². The standard InChI is InChI=1S/C26H20N2O2/c27-23-20(15-16-22(24(23)28)26(30)18-11-5-2-6-12-18)19-13-7-8-14-21(19)25(29)17-9-3-1-4-10-17/h1-16H,27-28H2. The van der Waals surface area contributed by atoms with Crippen LogP contribution in [0.4, 0.5) is 11.4 Å². The minimum Gasteiger partial charge on any atom is -0.397 e. The van der Waals surface area contributed by atoms with Crippen LogP contribution in [0.5, 0.6) is 0 Å². The highest BCUT2D eigenvalue weighted by molar-refractivity contribution is 6.16. The van der Waals surface area contributed by atoms with E-state index in [-0.39, 0.29) is 22.9 Å². The molecule has 0 saturated carbocycles. The first-order valence-electron chi connectivity index (χ1n) is 9.54. The Balaban J connectivity index is 1.79. The van der Waals surface area contributed by atoms with E-state index in [9.17, 15) is 9.59 Å². The van der Waals surface area contributed by atoms with E-state index in [1.54, 1.807) is 54.6 Å². The van der Waals surface area contributed by atoms with Crippen molar-refractivity contribution in [3.63, 3.8) is 0 Å². The van der Waals surface area contributed by atoms with Crippen LogP contribution in [-0.4, -0.2) is 11.6 Å². The lowest BCUT2D eigenvalue weighted by Crippen LogP contribution is -2.09. The molecule has 0 unspecified atom stereocenters. The minimum atomic E-state index is -0.194. The van der Waals surface area contributed by atoms with Crippen LogP contribution >= 0.6 is 0 Å². The van der Waals surface area contributed by atoms with Gasteiger partial charge in [-0.3, -0.25) is 9.59 Å². The molecule has 4 N–H and O–H groups in total. The summed E-state index contributed by atoms with van der Waals surface area (Å²) in [6.07, 6.45) is 0. The molecule has 0 bridgehead atoms. The first kappa shape index (κ1) is 19.2. The van der Waals surface area contributed by atoms with Gasteiger partial charge in [-0.1, -0.05) is 91.0 Å². The summed E-state index contributed by atoms with van der Waals surface area (Å²) in [4.78, 5) is 25.9. The Morgan fingerprint density at radius 1 is 0.467 bits per heavy atom. The average Bonchev–Trinajstić information content (AvgIpc) is 2.81. The van der Waals surface area contributed by atoms with Crippen molar-refractivity contribution < 1.29 is 9.59 Å². The average molecular weight is 392 g/mol. The quantitative estimate of drug-likeness (QED) is 0.370. The molecule has 0 amide bonds. The number of carbonyl (C=O) groups is 2. The Kier molecular flexibility index (Phi) is 5.14. The molecular weight excluding hydrogens is 372 g/mol. The number of nitrogen functional groups attached to an aromatic ring is 2. The zero-order chi connectivity index (χ0) is 21.1. The van der Waals surface area contributed by atoms with Gasteiger partial charge in [0.1, 0.15) is 0 Å². The molecule has 0 atom stereocenters. The lowest BCUT2D eigenvalue weighted by atomic mass is 9.91. The molecule has 0 radical (unpaired) electrons. The number of nitrogens with two attached hydrogens (primary N) is 2. The molecule has 0 fully saturated rings. The molecule has 0 saturated heterocycles. The van der Waals surface area contributed by atoms with Crippen LogP contribution in [0, 0.1) is 0 Å². The van der Waals surface area contributed by atoms with Gasteiger partial charge >= 0.3 is 0 Å². The number of ketones is 2. The largest absolute Gasteiger partial charge is 0.397 e. The molecule has 0 spiro atoms. The van der Waals surface area contributed by atoms with E-state index < -0.39 is 0 Å². The second-order valence-corrected chi connectivity index (χ2v) is 6.92. The van der Waals surface area contributed by atoms with Gasteiger partial charge in [0.05, 0.1) is 11.4 Å². The van der Waals surface area contributed by atoms with Crippen molar-refractivity contribution in [1.82, 2.24) is 0 Å². The molecule has 4 aromatic carbocycles. The van der Waals surface area contributed by atoms with Crippen LogP contribution in [0.15, 0.2) is 97.1 Å². The van der Waals surface area contributed by atoms with Crippen LogP contribution in [0.25, 0.3) is 11.1 Å². The summed E-state index contributed by atoms with van der Waals surface area (Å²) in [6, 6.07) is 28.7. The highest BCUT2D eigenvalue weighted by Crippen LogP contribution is 2.36. The Hall–Kier alpha value is -4.18. The fraction of sp³-hybridized carbons (Fsp3) is 0. The summed E-state index contributed by atoms with van der Waals surface area (Å²) in [5, 5.41) is 0. The number of rotatable bonds is 5. The third kappa shape index (κ3) is 3.47. The Morgan fingerprint density at radius 2 is 0.967 bits per heavy atom. The van der Waals surface area contributed by atoms with E-state index in [4.69, 9.17) is 11.5 Å². The monoisotopic (exact) mass is 392 g/mol. The maximum absolute atomic E-state index is 13.1. The lowest BCUT2D eigenvalue weighted by Gasteiger charge is -2.15. The predicted molar refractivity (Wildman–Crippen MR) is 120 cm³/mol. The van der Waals surface area contributed by atoms with E-state index in [0.29, 0.717) is 33.4 Å². The van der Waals surface area contributed by atoms with Crippen molar-refractivity contribution in [2.75, 3.05) is 11.5 Å². The maximum atomic E-state index is 13.1.